The molecular weight excluding hydrogens is 221 g/mol. The fourth-order valence-electron chi connectivity index (χ4n) is 2.55. The lowest BCUT2D eigenvalue weighted by molar-refractivity contribution is -0.186. The number of alkyl halides is 3. The number of hydrogen-bond acceptors (Lipinski definition) is 2. The van der Waals surface area contributed by atoms with Crippen molar-refractivity contribution in [3.05, 3.63) is 0 Å². The van der Waals surface area contributed by atoms with Gasteiger partial charge < -0.3 is 10.2 Å². The summed E-state index contributed by atoms with van der Waals surface area (Å²) in [7, 11) is 0. The van der Waals surface area contributed by atoms with Crippen molar-refractivity contribution >= 4 is 5.91 Å². The molecule has 0 aromatic rings. The van der Waals surface area contributed by atoms with Crippen LogP contribution < -0.4 is 5.32 Å². The number of halogens is 3. The molecule has 0 aromatic heterocycles. The minimum Gasteiger partial charge on any atom is -0.326 e. The molecule has 92 valence electrons. The second-order valence-electron chi connectivity index (χ2n) is 4.40. The van der Waals surface area contributed by atoms with Crippen LogP contribution in [-0.2, 0) is 4.79 Å². The van der Waals surface area contributed by atoms with Gasteiger partial charge in [0.05, 0.1) is 0 Å². The highest BCUT2D eigenvalue weighted by Gasteiger charge is 2.50. The highest BCUT2D eigenvalue weighted by atomic mass is 19.4. The second kappa shape index (κ2) is 4.24. The molecule has 3 nitrogen and oxygen atoms in total. The summed E-state index contributed by atoms with van der Waals surface area (Å²) in [5.74, 6) is -0.351. The van der Waals surface area contributed by atoms with Crippen molar-refractivity contribution in [1.82, 2.24) is 10.2 Å². The normalized spacial score (nSPS) is 32.2. The predicted octanol–water partition coefficient (Wildman–Crippen LogP) is 1.29. The molecule has 0 saturated carbocycles. The molecule has 16 heavy (non-hydrogen) atoms. The topological polar surface area (TPSA) is 32.3 Å². The SMILES string of the molecule is O=C1CC[C@@H](C(F)(F)F)N1[C@@H]1CCCNC1. The van der Waals surface area contributed by atoms with Gasteiger partial charge in [-0.25, -0.2) is 0 Å². The maximum absolute atomic E-state index is 12.7. The lowest BCUT2D eigenvalue weighted by atomic mass is 10.0. The van der Waals surface area contributed by atoms with E-state index >= 15 is 0 Å². The van der Waals surface area contributed by atoms with Gasteiger partial charge in [-0.15, -0.1) is 0 Å². The number of carbonyl (C=O) groups excluding carboxylic acids is 1. The first-order valence-corrected chi connectivity index (χ1v) is 5.59. The van der Waals surface area contributed by atoms with Gasteiger partial charge in [-0.05, 0) is 25.8 Å². The van der Waals surface area contributed by atoms with Crippen molar-refractivity contribution in [2.45, 2.75) is 43.9 Å². The highest BCUT2D eigenvalue weighted by Crippen LogP contribution is 2.35. The van der Waals surface area contributed by atoms with E-state index in [9.17, 15) is 18.0 Å². The Labute approximate surface area is 92.0 Å². The van der Waals surface area contributed by atoms with Crippen LogP contribution in [0.25, 0.3) is 0 Å². The minimum atomic E-state index is -4.29. The maximum Gasteiger partial charge on any atom is 0.408 e. The van der Waals surface area contributed by atoms with Gasteiger partial charge in [0.25, 0.3) is 0 Å². The summed E-state index contributed by atoms with van der Waals surface area (Å²) in [6.07, 6.45) is -2.84. The molecule has 2 atom stereocenters. The lowest BCUT2D eigenvalue weighted by Gasteiger charge is -2.36. The first-order chi connectivity index (χ1) is 7.50. The standard InChI is InChI=1S/C10H15F3N2O/c11-10(12,13)8-3-4-9(16)15(8)7-2-1-5-14-6-7/h7-8,14H,1-6H2/t7-,8+/m1/s1. The van der Waals surface area contributed by atoms with Crippen LogP contribution in [0.4, 0.5) is 13.2 Å². The summed E-state index contributed by atoms with van der Waals surface area (Å²) >= 11 is 0. The van der Waals surface area contributed by atoms with Crippen molar-refractivity contribution < 1.29 is 18.0 Å². The number of likely N-dealkylation sites (tertiary alicyclic amines) is 1. The molecule has 0 unspecified atom stereocenters. The van der Waals surface area contributed by atoms with Gasteiger partial charge >= 0.3 is 6.18 Å². The van der Waals surface area contributed by atoms with E-state index in [0.717, 1.165) is 17.9 Å². The van der Waals surface area contributed by atoms with E-state index in [1.165, 1.54) is 0 Å². The van der Waals surface area contributed by atoms with Crippen LogP contribution >= 0.6 is 0 Å². The zero-order valence-electron chi connectivity index (χ0n) is 8.89. The van der Waals surface area contributed by atoms with Crippen LogP contribution in [0.15, 0.2) is 0 Å². The van der Waals surface area contributed by atoms with E-state index in [-0.39, 0.29) is 24.8 Å². The number of amides is 1. The largest absolute Gasteiger partial charge is 0.408 e. The Bertz CT molecular complexity index is 274. The first-order valence-electron chi connectivity index (χ1n) is 5.59. The number of nitrogens with zero attached hydrogens (tertiary/aromatic N) is 1. The van der Waals surface area contributed by atoms with Gasteiger partial charge in [-0.1, -0.05) is 0 Å². The van der Waals surface area contributed by atoms with Gasteiger partial charge in [-0.3, -0.25) is 4.79 Å². The molecule has 1 amide bonds. The molecule has 0 aliphatic carbocycles. The fourth-order valence-corrected chi connectivity index (χ4v) is 2.55. The summed E-state index contributed by atoms with van der Waals surface area (Å²) in [4.78, 5) is 12.6. The first kappa shape index (κ1) is 11.7. The second-order valence-corrected chi connectivity index (χ2v) is 4.40. The Morgan fingerprint density at radius 1 is 1.31 bits per heavy atom. The molecule has 2 rings (SSSR count). The van der Waals surface area contributed by atoms with Gasteiger partial charge in [-0.2, -0.15) is 13.2 Å². The number of nitrogens with one attached hydrogen (secondary N) is 1. The maximum atomic E-state index is 12.7. The Morgan fingerprint density at radius 3 is 2.62 bits per heavy atom. The van der Waals surface area contributed by atoms with Crippen LogP contribution in [0.3, 0.4) is 0 Å². The predicted molar refractivity (Wildman–Crippen MR) is 51.8 cm³/mol. The average molecular weight is 236 g/mol. The quantitative estimate of drug-likeness (QED) is 0.744. The van der Waals surface area contributed by atoms with E-state index in [1.807, 2.05) is 0 Å². The average Bonchev–Trinajstić information content (AvgIpc) is 2.61. The monoisotopic (exact) mass is 236 g/mol. The van der Waals surface area contributed by atoms with Crippen LogP contribution in [0.2, 0.25) is 0 Å². The summed E-state index contributed by atoms with van der Waals surface area (Å²) < 4.78 is 38.2. The lowest BCUT2D eigenvalue weighted by Crippen LogP contribution is -2.53. The zero-order valence-corrected chi connectivity index (χ0v) is 8.89. The van der Waals surface area contributed by atoms with Crippen LogP contribution in [0.5, 0.6) is 0 Å². The van der Waals surface area contributed by atoms with Crippen LogP contribution in [0.1, 0.15) is 25.7 Å². The third-order valence-electron chi connectivity index (χ3n) is 3.30. The summed E-state index contributed by atoms with van der Waals surface area (Å²) in [5, 5.41) is 3.04. The van der Waals surface area contributed by atoms with Crippen molar-refractivity contribution in [1.29, 1.82) is 0 Å². The van der Waals surface area contributed by atoms with Crippen molar-refractivity contribution in [3.63, 3.8) is 0 Å². The number of rotatable bonds is 1. The zero-order chi connectivity index (χ0) is 11.8. The Hall–Kier alpha value is -0.780. The van der Waals surface area contributed by atoms with Crippen molar-refractivity contribution in [2.75, 3.05) is 13.1 Å². The molecule has 2 saturated heterocycles. The van der Waals surface area contributed by atoms with Crippen LogP contribution in [-0.4, -0.2) is 42.2 Å². The van der Waals surface area contributed by atoms with Gasteiger partial charge in [0.15, 0.2) is 0 Å². The molecule has 2 fully saturated rings. The van der Waals surface area contributed by atoms with E-state index in [0.29, 0.717) is 13.0 Å². The number of piperidine rings is 1. The van der Waals surface area contributed by atoms with Gasteiger partial charge in [0.1, 0.15) is 6.04 Å². The number of carbonyl (C=O) groups is 1. The molecule has 6 heteroatoms. The Morgan fingerprint density at radius 2 is 2.06 bits per heavy atom. The van der Waals surface area contributed by atoms with Gasteiger partial charge in [0.2, 0.25) is 5.91 Å². The van der Waals surface area contributed by atoms with E-state index in [4.69, 9.17) is 0 Å². The summed E-state index contributed by atoms with van der Waals surface area (Å²) in [6, 6.07) is -1.85. The Balaban J connectivity index is 2.12. The van der Waals surface area contributed by atoms with Crippen molar-refractivity contribution in [3.8, 4) is 0 Å². The van der Waals surface area contributed by atoms with E-state index in [1.54, 1.807) is 0 Å². The molecular formula is C10H15F3N2O. The van der Waals surface area contributed by atoms with E-state index in [2.05, 4.69) is 5.32 Å². The third-order valence-corrected chi connectivity index (χ3v) is 3.30. The smallest absolute Gasteiger partial charge is 0.326 e. The highest BCUT2D eigenvalue weighted by molar-refractivity contribution is 5.79. The molecule has 0 aromatic carbocycles. The third kappa shape index (κ3) is 2.16. The summed E-state index contributed by atoms with van der Waals surface area (Å²) in [5.41, 5.74) is 0. The molecule has 2 aliphatic rings. The van der Waals surface area contributed by atoms with Gasteiger partial charge in [0, 0.05) is 19.0 Å². The molecule has 1 N–H and O–H groups in total. The molecule has 2 heterocycles. The minimum absolute atomic E-state index is 0.0284. The van der Waals surface area contributed by atoms with E-state index < -0.39 is 12.2 Å². The molecule has 0 spiro atoms. The fraction of sp³-hybridized carbons (Fsp3) is 0.900. The van der Waals surface area contributed by atoms with Crippen LogP contribution in [0, 0.1) is 0 Å². The summed E-state index contributed by atoms with van der Waals surface area (Å²) in [6.45, 7) is 1.31. The number of hydrogen-bond donors (Lipinski definition) is 1. The molecule has 0 radical (unpaired) electrons. The Kier molecular flexibility index (Phi) is 3.10. The molecule has 0 bridgehead atoms. The molecule has 2 aliphatic heterocycles. The van der Waals surface area contributed by atoms with Crippen molar-refractivity contribution in [2.24, 2.45) is 0 Å².